The summed E-state index contributed by atoms with van der Waals surface area (Å²) >= 11 is 8.92. The molecule has 0 saturated carbocycles. The number of nitrogens with one attached hydrogen (secondary N) is 1. The lowest BCUT2D eigenvalue weighted by Gasteiger charge is -2.06. The van der Waals surface area contributed by atoms with Gasteiger partial charge in [-0.2, -0.15) is 0 Å². The van der Waals surface area contributed by atoms with Crippen LogP contribution in [0.3, 0.4) is 0 Å². The van der Waals surface area contributed by atoms with Gasteiger partial charge in [0.05, 0.1) is 29.1 Å². The van der Waals surface area contributed by atoms with Gasteiger partial charge in [0, 0.05) is 11.6 Å². The summed E-state index contributed by atoms with van der Waals surface area (Å²) in [6.07, 6.45) is 0. The van der Waals surface area contributed by atoms with E-state index < -0.39 is 0 Å². The number of aliphatic hydroxyl groups is 1. The summed E-state index contributed by atoms with van der Waals surface area (Å²) in [6, 6.07) is 11.9. The maximum absolute atomic E-state index is 13.7. The monoisotopic (exact) mass is 435 g/mol. The zero-order chi connectivity index (χ0) is 19.5. The van der Waals surface area contributed by atoms with Gasteiger partial charge in [0.1, 0.15) is 11.6 Å². The first-order chi connectivity index (χ1) is 13.6. The topological polar surface area (TPSA) is 75.9 Å². The minimum absolute atomic E-state index is 0.00511. The fourth-order valence-electron chi connectivity index (χ4n) is 2.73. The average molecular weight is 436 g/mol. The van der Waals surface area contributed by atoms with E-state index in [1.807, 2.05) is 16.7 Å². The van der Waals surface area contributed by atoms with Crippen LogP contribution in [0, 0.1) is 5.82 Å². The highest BCUT2D eigenvalue weighted by atomic mass is 35.5. The van der Waals surface area contributed by atoms with Crippen LogP contribution < -0.4 is 5.32 Å². The summed E-state index contributed by atoms with van der Waals surface area (Å²) in [7, 11) is 0. The molecule has 2 heterocycles. The summed E-state index contributed by atoms with van der Waals surface area (Å²) in [6.45, 7) is 0.439. The molecule has 2 N–H and O–H groups in total. The Morgan fingerprint density at radius 2 is 2.07 bits per heavy atom. The zero-order valence-corrected chi connectivity index (χ0v) is 16.9. The van der Waals surface area contributed by atoms with Crippen molar-refractivity contribution in [2.45, 2.75) is 16.6 Å². The van der Waals surface area contributed by atoms with Crippen LogP contribution in [0.15, 0.2) is 46.8 Å². The summed E-state index contributed by atoms with van der Waals surface area (Å²) < 4.78 is 16.4. The van der Waals surface area contributed by atoms with E-state index in [0.717, 1.165) is 21.2 Å². The number of nitrogens with zero attached hydrogens (tertiary/aromatic N) is 4. The number of hydrogen-bond donors (Lipinski definition) is 2. The van der Waals surface area contributed by atoms with Crippen LogP contribution in [0.25, 0.3) is 11.0 Å². The molecular formula is C18H15ClFN5OS2. The molecule has 0 aliphatic carbocycles. The molecule has 6 nitrogen and oxygen atoms in total. The van der Waals surface area contributed by atoms with E-state index in [4.69, 9.17) is 11.6 Å². The van der Waals surface area contributed by atoms with Crippen LogP contribution in [-0.4, -0.2) is 31.5 Å². The van der Waals surface area contributed by atoms with Crippen LogP contribution in [0.2, 0.25) is 5.02 Å². The molecule has 0 spiro atoms. The first-order valence-electron chi connectivity index (χ1n) is 8.37. The number of thioether (sulfide) groups is 1. The van der Waals surface area contributed by atoms with Crippen LogP contribution in [0.1, 0.15) is 5.82 Å². The summed E-state index contributed by atoms with van der Waals surface area (Å²) in [5, 5.41) is 21.7. The third-order valence-corrected chi connectivity index (χ3v) is 6.16. The van der Waals surface area contributed by atoms with Gasteiger partial charge in [-0.25, -0.2) is 9.37 Å². The molecule has 0 bridgehead atoms. The largest absolute Gasteiger partial charge is 0.395 e. The Morgan fingerprint density at radius 1 is 1.21 bits per heavy atom. The van der Waals surface area contributed by atoms with E-state index in [2.05, 4.69) is 20.5 Å². The Balaban J connectivity index is 1.50. The van der Waals surface area contributed by atoms with E-state index in [1.54, 1.807) is 24.3 Å². The number of halogens is 2. The quantitative estimate of drug-likeness (QED) is 0.409. The molecule has 144 valence electrons. The number of aliphatic hydroxyl groups excluding tert-OH is 1. The lowest BCUT2D eigenvalue weighted by Crippen LogP contribution is -2.06. The molecule has 0 aliphatic rings. The zero-order valence-electron chi connectivity index (χ0n) is 14.5. The predicted molar refractivity (Wildman–Crippen MR) is 111 cm³/mol. The van der Waals surface area contributed by atoms with Crippen molar-refractivity contribution in [3.63, 3.8) is 0 Å². The summed E-state index contributed by atoms with van der Waals surface area (Å²) in [5.74, 6) is 1.03. The molecule has 2 aromatic heterocycles. The molecule has 4 aromatic rings. The Hall–Kier alpha value is -2.20. The van der Waals surface area contributed by atoms with Gasteiger partial charge in [-0.3, -0.25) is 0 Å². The third-order valence-electron chi connectivity index (χ3n) is 3.96. The van der Waals surface area contributed by atoms with Crippen LogP contribution >= 0.6 is 34.7 Å². The minimum Gasteiger partial charge on any atom is -0.395 e. The Bertz CT molecular complexity index is 1120. The number of rotatable bonds is 7. The summed E-state index contributed by atoms with van der Waals surface area (Å²) in [5.41, 5.74) is 2.07. The van der Waals surface area contributed by atoms with Gasteiger partial charge in [0.2, 0.25) is 5.13 Å². The van der Waals surface area contributed by atoms with Crippen molar-refractivity contribution in [2.24, 2.45) is 0 Å². The second-order valence-electron chi connectivity index (χ2n) is 5.80. The number of fused-ring (bicyclic) bond motifs is 1. The van der Waals surface area contributed by atoms with E-state index in [1.165, 1.54) is 29.2 Å². The second-order valence-corrected chi connectivity index (χ2v) is 8.44. The van der Waals surface area contributed by atoms with Crippen LogP contribution in [-0.2, 0) is 12.3 Å². The molecule has 4 rings (SSSR count). The molecule has 0 amide bonds. The molecular weight excluding hydrogens is 421 g/mol. The first-order valence-corrected chi connectivity index (χ1v) is 10.6. The number of benzene rings is 2. The highest BCUT2D eigenvalue weighted by Crippen LogP contribution is 2.31. The van der Waals surface area contributed by atoms with Crippen molar-refractivity contribution < 1.29 is 9.50 Å². The molecule has 0 saturated heterocycles. The molecule has 0 aliphatic heterocycles. The number of anilines is 2. The maximum Gasteiger partial charge on any atom is 0.210 e. The molecule has 10 heteroatoms. The van der Waals surface area contributed by atoms with Crippen molar-refractivity contribution >= 4 is 56.6 Å². The number of hydrogen-bond acceptors (Lipinski definition) is 7. The number of imidazole rings is 1. The minimum atomic E-state index is -0.344. The average Bonchev–Trinajstić information content (AvgIpc) is 3.27. The molecule has 2 aromatic carbocycles. The Morgan fingerprint density at radius 3 is 2.89 bits per heavy atom. The van der Waals surface area contributed by atoms with Gasteiger partial charge in [-0.1, -0.05) is 46.8 Å². The van der Waals surface area contributed by atoms with Crippen molar-refractivity contribution in [3.8, 4) is 0 Å². The molecule has 0 atom stereocenters. The SMILES string of the molecule is OCCn1c(CSc2nnc(Nc3ccccc3F)s2)nc2ccc(Cl)cc21. The molecule has 0 radical (unpaired) electrons. The second kappa shape index (κ2) is 8.44. The van der Waals surface area contributed by atoms with E-state index >= 15 is 0 Å². The van der Waals surface area contributed by atoms with Crippen LogP contribution in [0.5, 0.6) is 0 Å². The molecule has 0 unspecified atom stereocenters. The van der Waals surface area contributed by atoms with Crippen molar-refractivity contribution in [1.82, 2.24) is 19.7 Å². The number of para-hydroxylation sites is 1. The Labute approximate surface area is 173 Å². The van der Waals surface area contributed by atoms with Crippen molar-refractivity contribution in [1.29, 1.82) is 0 Å². The predicted octanol–water partition coefficient (Wildman–Crippen LogP) is 4.71. The van der Waals surface area contributed by atoms with Crippen molar-refractivity contribution in [3.05, 3.63) is 59.1 Å². The van der Waals surface area contributed by atoms with Gasteiger partial charge in [-0.05, 0) is 30.3 Å². The highest BCUT2D eigenvalue weighted by molar-refractivity contribution is 8.00. The lowest BCUT2D eigenvalue weighted by atomic mass is 10.3. The smallest absolute Gasteiger partial charge is 0.210 e. The maximum atomic E-state index is 13.7. The van der Waals surface area contributed by atoms with Gasteiger partial charge >= 0.3 is 0 Å². The third kappa shape index (κ3) is 4.12. The number of aromatic nitrogens is 4. The van der Waals surface area contributed by atoms with E-state index in [-0.39, 0.29) is 12.4 Å². The summed E-state index contributed by atoms with van der Waals surface area (Å²) in [4.78, 5) is 4.64. The molecule has 0 fully saturated rings. The fourth-order valence-corrected chi connectivity index (χ4v) is 4.60. The Kier molecular flexibility index (Phi) is 5.77. The van der Waals surface area contributed by atoms with Crippen LogP contribution in [0.4, 0.5) is 15.2 Å². The van der Waals surface area contributed by atoms with Gasteiger partial charge in [-0.15, -0.1) is 10.2 Å². The first kappa shape index (κ1) is 19.1. The highest BCUT2D eigenvalue weighted by Gasteiger charge is 2.13. The molecule has 28 heavy (non-hydrogen) atoms. The standard InChI is InChI=1S/C18H15ClFN5OS2/c19-11-5-6-14-15(9-11)25(7-8-26)16(21-14)10-27-18-24-23-17(28-18)22-13-4-2-1-3-12(13)20/h1-6,9,26H,7-8,10H2,(H,22,23). The van der Waals surface area contributed by atoms with Gasteiger partial charge in [0.25, 0.3) is 0 Å². The lowest BCUT2D eigenvalue weighted by molar-refractivity contribution is 0.276. The van der Waals surface area contributed by atoms with Crippen molar-refractivity contribution in [2.75, 3.05) is 11.9 Å². The van der Waals surface area contributed by atoms with E-state index in [9.17, 15) is 9.50 Å². The fraction of sp³-hybridized carbons (Fsp3) is 0.167. The normalized spacial score (nSPS) is 11.2. The van der Waals surface area contributed by atoms with E-state index in [0.29, 0.717) is 28.1 Å². The van der Waals surface area contributed by atoms with Gasteiger partial charge < -0.3 is 15.0 Å². The van der Waals surface area contributed by atoms with Gasteiger partial charge in [0.15, 0.2) is 4.34 Å².